The van der Waals surface area contributed by atoms with Crippen LogP contribution in [0.3, 0.4) is 0 Å². The van der Waals surface area contributed by atoms with E-state index in [-0.39, 0.29) is 34.0 Å². The largest absolute Gasteiger partial charge is 0.440 e. The highest BCUT2D eigenvalue weighted by Gasteiger charge is 2.35. The van der Waals surface area contributed by atoms with Gasteiger partial charge in [0.25, 0.3) is 11.2 Å². The van der Waals surface area contributed by atoms with Crippen LogP contribution >= 0.6 is 0 Å². The number of nitrogens with zero attached hydrogens (tertiary/aromatic N) is 3. The van der Waals surface area contributed by atoms with Crippen LogP contribution in [0.1, 0.15) is 28.3 Å². The normalized spacial score (nSPS) is 15.0. The average Bonchev–Trinajstić information content (AvgIpc) is 2.76. The molecule has 2 aromatic carbocycles. The van der Waals surface area contributed by atoms with Gasteiger partial charge in [-0.2, -0.15) is 5.26 Å². The molecular formula is C23H18N4O4. The summed E-state index contributed by atoms with van der Waals surface area (Å²) in [5.74, 6) is -0.741. The third-order valence-electron chi connectivity index (χ3n) is 5.29. The Morgan fingerprint density at radius 2 is 1.94 bits per heavy atom. The van der Waals surface area contributed by atoms with Crippen molar-refractivity contribution in [2.75, 3.05) is 0 Å². The second-order valence-corrected chi connectivity index (χ2v) is 7.22. The number of hydrogen-bond acceptors (Lipinski definition) is 6. The Labute approximate surface area is 177 Å². The van der Waals surface area contributed by atoms with E-state index in [1.807, 2.05) is 36.4 Å². The average molecular weight is 414 g/mol. The summed E-state index contributed by atoms with van der Waals surface area (Å²) in [6.45, 7) is 2.12. The minimum Gasteiger partial charge on any atom is -0.440 e. The van der Waals surface area contributed by atoms with E-state index in [1.165, 1.54) is 18.2 Å². The Balaban J connectivity index is 1.94. The van der Waals surface area contributed by atoms with Crippen LogP contribution in [-0.2, 0) is 6.54 Å². The fourth-order valence-electron chi connectivity index (χ4n) is 3.80. The van der Waals surface area contributed by atoms with Gasteiger partial charge < -0.3 is 15.0 Å². The quantitative estimate of drug-likeness (QED) is 0.516. The molecular weight excluding hydrogens is 396 g/mol. The van der Waals surface area contributed by atoms with Gasteiger partial charge in [0.05, 0.1) is 22.9 Å². The number of benzene rings is 2. The van der Waals surface area contributed by atoms with E-state index in [4.69, 9.17) is 10.5 Å². The van der Waals surface area contributed by atoms with E-state index in [0.29, 0.717) is 17.8 Å². The highest BCUT2D eigenvalue weighted by molar-refractivity contribution is 5.56. The van der Waals surface area contributed by atoms with Crippen LogP contribution < -0.4 is 16.0 Å². The number of pyridine rings is 1. The van der Waals surface area contributed by atoms with Crippen molar-refractivity contribution in [1.82, 2.24) is 4.57 Å². The van der Waals surface area contributed by atoms with Gasteiger partial charge in [-0.3, -0.25) is 14.9 Å². The van der Waals surface area contributed by atoms with E-state index in [0.717, 1.165) is 5.56 Å². The fraction of sp³-hybridized carbons (Fsp3) is 0.130. The highest BCUT2D eigenvalue weighted by Crippen LogP contribution is 2.41. The lowest BCUT2D eigenvalue weighted by Crippen LogP contribution is -2.33. The summed E-state index contributed by atoms with van der Waals surface area (Å²) in [5.41, 5.74) is 7.80. The van der Waals surface area contributed by atoms with Crippen LogP contribution in [0.2, 0.25) is 0 Å². The lowest BCUT2D eigenvalue weighted by molar-refractivity contribution is -0.384. The molecule has 0 saturated heterocycles. The van der Waals surface area contributed by atoms with Crippen molar-refractivity contribution in [2.45, 2.75) is 19.4 Å². The molecule has 0 radical (unpaired) electrons. The van der Waals surface area contributed by atoms with E-state index >= 15 is 0 Å². The standard InChI is InChI=1S/C23H18N4O4/c1-14-10-19-21(23(28)26(14)13-15-6-3-2-4-7-15)20(18(12-24)22(25)31-19)16-8-5-9-17(11-16)27(29)30/h2-11,20H,13,25H2,1H3/t20-/m0/s1. The van der Waals surface area contributed by atoms with Crippen molar-refractivity contribution in [3.05, 3.63) is 115 Å². The lowest BCUT2D eigenvalue weighted by atomic mass is 9.84. The van der Waals surface area contributed by atoms with E-state index < -0.39 is 10.8 Å². The number of allylic oxidation sites excluding steroid dienone is 1. The Morgan fingerprint density at radius 1 is 1.19 bits per heavy atom. The van der Waals surface area contributed by atoms with Gasteiger partial charge in [0.15, 0.2) is 0 Å². The van der Waals surface area contributed by atoms with E-state index in [1.54, 1.807) is 23.6 Å². The zero-order valence-corrected chi connectivity index (χ0v) is 16.6. The van der Waals surface area contributed by atoms with Crippen LogP contribution in [0.25, 0.3) is 0 Å². The van der Waals surface area contributed by atoms with Gasteiger partial charge in [-0.05, 0) is 18.1 Å². The van der Waals surface area contributed by atoms with E-state index in [9.17, 15) is 20.2 Å². The maximum atomic E-state index is 13.6. The molecule has 0 bridgehead atoms. The van der Waals surface area contributed by atoms with Crippen molar-refractivity contribution in [3.8, 4) is 11.8 Å². The Kier molecular flexibility index (Phi) is 5.01. The number of fused-ring (bicyclic) bond motifs is 1. The third kappa shape index (κ3) is 3.53. The number of ether oxygens (including phenoxy) is 1. The first-order chi connectivity index (χ1) is 14.9. The molecule has 2 N–H and O–H groups in total. The Morgan fingerprint density at radius 3 is 2.61 bits per heavy atom. The predicted molar refractivity (Wildman–Crippen MR) is 113 cm³/mol. The molecule has 0 fully saturated rings. The number of nitro groups is 1. The summed E-state index contributed by atoms with van der Waals surface area (Å²) in [6, 6.07) is 19.1. The maximum Gasteiger partial charge on any atom is 0.269 e. The zero-order chi connectivity index (χ0) is 22.1. The highest BCUT2D eigenvalue weighted by atomic mass is 16.6. The molecule has 1 aliphatic rings. The number of rotatable bonds is 4. The molecule has 1 atom stereocenters. The van der Waals surface area contributed by atoms with Gasteiger partial charge in [0.2, 0.25) is 5.88 Å². The number of aromatic nitrogens is 1. The van der Waals surface area contributed by atoms with Crippen LogP contribution in [0.5, 0.6) is 5.75 Å². The number of nitriles is 1. The van der Waals surface area contributed by atoms with E-state index in [2.05, 4.69) is 0 Å². The van der Waals surface area contributed by atoms with Gasteiger partial charge in [-0.25, -0.2) is 0 Å². The number of nitro benzene ring substituents is 1. The van der Waals surface area contributed by atoms with Crippen molar-refractivity contribution < 1.29 is 9.66 Å². The molecule has 8 nitrogen and oxygen atoms in total. The maximum absolute atomic E-state index is 13.6. The SMILES string of the molecule is Cc1cc2c(c(=O)n1Cc1ccccc1)[C@@H](c1cccc([N+](=O)[O-])c1)C(C#N)=C(N)O2. The van der Waals surface area contributed by atoms with Gasteiger partial charge in [0.1, 0.15) is 17.4 Å². The fourth-order valence-corrected chi connectivity index (χ4v) is 3.80. The Hall–Kier alpha value is -4.38. The van der Waals surface area contributed by atoms with Gasteiger partial charge in [-0.15, -0.1) is 0 Å². The van der Waals surface area contributed by atoms with Gasteiger partial charge >= 0.3 is 0 Å². The molecule has 0 saturated carbocycles. The molecule has 1 aliphatic heterocycles. The third-order valence-corrected chi connectivity index (χ3v) is 5.29. The number of aryl methyl sites for hydroxylation is 1. The van der Waals surface area contributed by atoms with Gasteiger partial charge in [0, 0.05) is 23.9 Å². The molecule has 0 unspecified atom stereocenters. The minimum atomic E-state index is -0.872. The first kappa shape index (κ1) is 19.9. The van der Waals surface area contributed by atoms with Crippen LogP contribution in [0.4, 0.5) is 5.69 Å². The van der Waals surface area contributed by atoms with Crippen molar-refractivity contribution in [3.63, 3.8) is 0 Å². The topological polar surface area (TPSA) is 124 Å². The lowest BCUT2D eigenvalue weighted by Gasteiger charge is -2.27. The molecule has 3 aromatic rings. The summed E-state index contributed by atoms with van der Waals surface area (Å²) in [4.78, 5) is 24.3. The predicted octanol–water partition coefficient (Wildman–Crippen LogP) is 3.33. The number of nitrogens with two attached hydrogens (primary N) is 1. The second-order valence-electron chi connectivity index (χ2n) is 7.22. The van der Waals surface area contributed by atoms with Crippen LogP contribution in [-0.4, -0.2) is 9.49 Å². The van der Waals surface area contributed by atoms with Crippen molar-refractivity contribution >= 4 is 5.69 Å². The molecule has 154 valence electrons. The summed E-state index contributed by atoms with van der Waals surface area (Å²) in [6.07, 6.45) is 0. The molecule has 8 heteroatoms. The van der Waals surface area contributed by atoms with Crippen molar-refractivity contribution in [2.24, 2.45) is 5.73 Å². The first-order valence-corrected chi connectivity index (χ1v) is 9.51. The van der Waals surface area contributed by atoms with Gasteiger partial charge in [-0.1, -0.05) is 42.5 Å². The zero-order valence-electron chi connectivity index (χ0n) is 16.6. The second kappa shape index (κ2) is 7.80. The van der Waals surface area contributed by atoms with Crippen molar-refractivity contribution in [1.29, 1.82) is 5.26 Å². The van der Waals surface area contributed by atoms with Crippen LogP contribution in [0, 0.1) is 28.4 Å². The summed E-state index contributed by atoms with van der Waals surface area (Å²) in [7, 11) is 0. The first-order valence-electron chi connectivity index (χ1n) is 9.51. The molecule has 2 heterocycles. The smallest absolute Gasteiger partial charge is 0.269 e. The van der Waals surface area contributed by atoms with Crippen LogP contribution in [0.15, 0.2) is 76.9 Å². The molecule has 0 amide bonds. The molecule has 4 rings (SSSR count). The molecule has 0 spiro atoms. The Bertz CT molecular complexity index is 1320. The molecule has 0 aliphatic carbocycles. The molecule has 1 aromatic heterocycles. The monoisotopic (exact) mass is 414 g/mol. The number of non-ortho nitro benzene ring substituents is 1. The summed E-state index contributed by atoms with van der Waals surface area (Å²) < 4.78 is 7.21. The summed E-state index contributed by atoms with van der Waals surface area (Å²) >= 11 is 0. The summed E-state index contributed by atoms with van der Waals surface area (Å²) in [5, 5.41) is 21.0. The number of hydrogen-bond donors (Lipinski definition) is 1. The minimum absolute atomic E-state index is 0.0419. The molecule has 31 heavy (non-hydrogen) atoms.